The van der Waals surface area contributed by atoms with Gasteiger partial charge in [0.25, 0.3) is 0 Å². The van der Waals surface area contributed by atoms with Gasteiger partial charge in [0.2, 0.25) is 0 Å². The standard InChI is InChI=1S/C14H16BrN5/c15-11-3-1-2-4-12(11)20-14-7-13(17-9-18-14)19-10-5-6-16-8-10/h1-4,7,9-10,16H,5-6,8H2,(H2,17,18,19,20). The first-order chi connectivity index (χ1) is 9.81. The number of nitrogens with one attached hydrogen (secondary N) is 3. The molecule has 0 spiro atoms. The van der Waals surface area contributed by atoms with E-state index in [1.165, 1.54) is 0 Å². The number of anilines is 3. The summed E-state index contributed by atoms with van der Waals surface area (Å²) >= 11 is 3.51. The van der Waals surface area contributed by atoms with Crippen LogP contribution in [0.25, 0.3) is 0 Å². The second-order valence-corrected chi connectivity index (χ2v) is 5.58. The number of hydrogen-bond donors (Lipinski definition) is 3. The van der Waals surface area contributed by atoms with Crippen molar-refractivity contribution in [2.45, 2.75) is 12.5 Å². The quantitative estimate of drug-likeness (QED) is 0.803. The monoisotopic (exact) mass is 333 g/mol. The molecule has 5 nitrogen and oxygen atoms in total. The van der Waals surface area contributed by atoms with E-state index in [0.717, 1.165) is 41.3 Å². The minimum atomic E-state index is 0.446. The Kier molecular flexibility index (Phi) is 4.13. The molecule has 0 amide bonds. The van der Waals surface area contributed by atoms with Gasteiger partial charge in [-0.2, -0.15) is 0 Å². The average Bonchev–Trinajstić information content (AvgIpc) is 2.95. The zero-order valence-electron chi connectivity index (χ0n) is 10.9. The summed E-state index contributed by atoms with van der Waals surface area (Å²) < 4.78 is 1.01. The summed E-state index contributed by atoms with van der Waals surface area (Å²) in [5.74, 6) is 1.63. The van der Waals surface area contributed by atoms with Gasteiger partial charge in [0.15, 0.2) is 0 Å². The van der Waals surface area contributed by atoms with E-state index in [-0.39, 0.29) is 0 Å². The van der Waals surface area contributed by atoms with Gasteiger partial charge in [-0.25, -0.2) is 9.97 Å². The summed E-state index contributed by atoms with van der Waals surface area (Å²) in [6.07, 6.45) is 2.70. The van der Waals surface area contributed by atoms with Crippen molar-refractivity contribution in [3.63, 3.8) is 0 Å². The number of aromatic nitrogens is 2. The van der Waals surface area contributed by atoms with Crippen molar-refractivity contribution < 1.29 is 0 Å². The maximum atomic E-state index is 4.27. The van der Waals surface area contributed by atoms with Gasteiger partial charge in [0.05, 0.1) is 5.69 Å². The molecule has 1 aromatic carbocycles. The molecule has 1 aliphatic rings. The largest absolute Gasteiger partial charge is 0.366 e. The predicted octanol–water partition coefficient (Wildman–Crippen LogP) is 2.76. The van der Waals surface area contributed by atoms with E-state index in [9.17, 15) is 0 Å². The number of nitrogens with zero attached hydrogens (tertiary/aromatic N) is 2. The molecule has 1 atom stereocenters. The fraction of sp³-hybridized carbons (Fsp3) is 0.286. The number of halogens is 1. The van der Waals surface area contributed by atoms with Crippen molar-refractivity contribution in [1.82, 2.24) is 15.3 Å². The maximum absolute atomic E-state index is 4.27. The second-order valence-electron chi connectivity index (χ2n) is 4.73. The molecule has 0 aliphatic carbocycles. The molecule has 1 saturated heterocycles. The van der Waals surface area contributed by atoms with Crippen LogP contribution in [0.5, 0.6) is 0 Å². The summed E-state index contributed by atoms with van der Waals surface area (Å²) in [5.41, 5.74) is 0.986. The summed E-state index contributed by atoms with van der Waals surface area (Å²) in [5, 5.41) is 10.0. The average molecular weight is 334 g/mol. The predicted molar refractivity (Wildman–Crippen MR) is 84.4 cm³/mol. The fourth-order valence-corrected chi connectivity index (χ4v) is 2.58. The molecule has 3 N–H and O–H groups in total. The van der Waals surface area contributed by atoms with Crippen LogP contribution >= 0.6 is 15.9 Å². The van der Waals surface area contributed by atoms with Gasteiger partial charge < -0.3 is 16.0 Å². The Labute approximate surface area is 126 Å². The Morgan fingerprint density at radius 1 is 1.20 bits per heavy atom. The Balaban J connectivity index is 1.72. The van der Waals surface area contributed by atoms with Gasteiger partial charge in [-0.3, -0.25) is 0 Å². The Morgan fingerprint density at radius 2 is 2.05 bits per heavy atom. The molecule has 0 bridgehead atoms. The smallest absolute Gasteiger partial charge is 0.135 e. The third-order valence-electron chi connectivity index (χ3n) is 3.22. The van der Waals surface area contributed by atoms with Crippen LogP contribution in [0.15, 0.2) is 41.1 Å². The van der Waals surface area contributed by atoms with E-state index < -0.39 is 0 Å². The summed E-state index contributed by atoms with van der Waals surface area (Å²) in [6.45, 7) is 2.04. The zero-order valence-corrected chi connectivity index (χ0v) is 12.5. The van der Waals surface area contributed by atoms with E-state index in [0.29, 0.717) is 6.04 Å². The number of para-hydroxylation sites is 1. The SMILES string of the molecule is Brc1ccccc1Nc1cc(NC2CCNC2)ncn1. The van der Waals surface area contributed by atoms with Crippen molar-refractivity contribution in [2.24, 2.45) is 0 Å². The Bertz CT molecular complexity index is 583. The molecule has 0 saturated carbocycles. The van der Waals surface area contributed by atoms with Crippen LogP contribution in [0.1, 0.15) is 6.42 Å². The highest BCUT2D eigenvalue weighted by Gasteiger charge is 2.14. The van der Waals surface area contributed by atoms with E-state index in [1.54, 1.807) is 6.33 Å². The first-order valence-electron chi connectivity index (χ1n) is 6.62. The molecule has 2 heterocycles. The number of rotatable bonds is 4. The first kappa shape index (κ1) is 13.3. The highest BCUT2D eigenvalue weighted by molar-refractivity contribution is 9.10. The molecule has 20 heavy (non-hydrogen) atoms. The van der Waals surface area contributed by atoms with Crippen molar-refractivity contribution in [2.75, 3.05) is 23.7 Å². The minimum Gasteiger partial charge on any atom is -0.366 e. The number of benzene rings is 1. The van der Waals surface area contributed by atoms with E-state index >= 15 is 0 Å². The molecule has 3 rings (SSSR count). The molecular weight excluding hydrogens is 318 g/mol. The van der Waals surface area contributed by atoms with Gasteiger partial charge in [-0.15, -0.1) is 0 Å². The van der Waals surface area contributed by atoms with Gasteiger partial charge in [-0.05, 0) is 41.0 Å². The van der Waals surface area contributed by atoms with Crippen LogP contribution in [-0.2, 0) is 0 Å². The van der Waals surface area contributed by atoms with Crippen LogP contribution in [-0.4, -0.2) is 29.1 Å². The van der Waals surface area contributed by atoms with E-state index in [4.69, 9.17) is 0 Å². The van der Waals surface area contributed by atoms with Crippen molar-refractivity contribution in [1.29, 1.82) is 0 Å². The van der Waals surface area contributed by atoms with Crippen molar-refractivity contribution >= 4 is 33.3 Å². The summed E-state index contributed by atoms with van der Waals surface area (Å²) in [6, 6.07) is 10.3. The summed E-state index contributed by atoms with van der Waals surface area (Å²) in [7, 11) is 0. The molecule has 1 fully saturated rings. The third-order valence-corrected chi connectivity index (χ3v) is 3.91. The lowest BCUT2D eigenvalue weighted by atomic mass is 10.2. The summed E-state index contributed by atoms with van der Waals surface area (Å²) in [4.78, 5) is 8.52. The maximum Gasteiger partial charge on any atom is 0.135 e. The molecular formula is C14H16BrN5. The van der Waals surface area contributed by atoms with Gasteiger partial charge in [0, 0.05) is 23.1 Å². The molecule has 104 valence electrons. The van der Waals surface area contributed by atoms with E-state index in [2.05, 4.69) is 41.8 Å². The molecule has 1 unspecified atom stereocenters. The first-order valence-corrected chi connectivity index (χ1v) is 7.41. The normalized spacial score (nSPS) is 17.9. The highest BCUT2D eigenvalue weighted by atomic mass is 79.9. The highest BCUT2D eigenvalue weighted by Crippen LogP contribution is 2.25. The van der Waals surface area contributed by atoms with Crippen LogP contribution in [0, 0.1) is 0 Å². The molecule has 0 radical (unpaired) electrons. The minimum absolute atomic E-state index is 0.446. The Morgan fingerprint density at radius 3 is 2.85 bits per heavy atom. The van der Waals surface area contributed by atoms with Crippen molar-refractivity contribution in [3.05, 3.63) is 41.1 Å². The van der Waals surface area contributed by atoms with Gasteiger partial charge in [0.1, 0.15) is 18.0 Å². The topological polar surface area (TPSA) is 61.9 Å². The lowest BCUT2D eigenvalue weighted by Gasteiger charge is -2.13. The molecule has 2 aromatic rings. The second kappa shape index (κ2) is 6.19. The van der Waals surface area contributed by atoms with Crippen LogP contribution in [0.3, 0.4) is 0 Å². The van der Waals surface area contributed by atoms with Crippen LogP contribution < -0.4 is 16.0 Å². The molecule has 6 heteroatoms. The lowest BCUT2D eigenvalue weighted by Crippen LogP contribution is -2.22. The zero-order chi connectivity index (χ0) is 13.8. The third kappa shape index (κ3) is 3.26. The van der Waals surface area contributed by atoms with Crippen LogP contribution in [0.4, 0.5) is 17.3 Å². The van der Waals surface area contributed by atoms with Crippen molar-refractivity contribution in [3.8, 4) is 0 Å². The number of hydrogen-bond acceptors (Lipinski definition) is 5. The Hall–Kier alpha value is -1.66. The van der Waals surface area contributed by atoms with E-state index in [1.807, 2.05) is 30.3 Å². The van der Waals surface area contributed by atoms with Gasteiger partial charge in [-0.1, -0.05) is 12.1 Å². The van der Waals surface area contributed by atoms with Crippen LogP contribution in [0.2, 0.25) is 0 Å². The lowest BCUT2D eigenvalue weighted by molar-refractivity contribution is 0.787. The fourth-order valence-electron chi connectivity index (χ4n) is 2.19. The molecule has 1 aliphatic heterocycles. The molecule has 1 aromatic heterocycles. The van der Waals surface area contributed by atoms with Gasteiger partial charge >= 0.3 is 0 Å².